The van der Waals surface area contributed by atoms with Gasteiger partial charge in [-0.25, -0.2) is 22.0 Å². The van der Waals surface area contributed by atoms with Gasteiger partial charge in [-0.15, -0.1) is 0 Å². The molecule has 0 atom stereocenters. The van der Waals surface area contributed by atoms with Crippen molar-refractivity contribution in [2.24, 2.45) is 0 Å². The molecular weight excluding hydrogens is 281 g/mol. The number of aliphatic hydroxyl groups is 1. The van der Waals surface area contributed by atoms with E-state index in [1.807, 2.05) is 0 Å². The summed E-state index contributed by atoms with van der Waals surface area (Å²) in [5, 5.41) is 12.3. The molecule has 2 N–H and O–H groups in total. The van der Waals surface area contributed by atoms with Gasteiger partial charge in [-0.1, -0.05) is 19.3 Å². The Hall–Kier alpha value is -1.37. The summed E-state index contributed by atoms with van der Waals surface area (Å²) in [5.41, 5.74) is -2.28. The maximum atomic E-state index is 13.4. The van der Waals surface area contributed by atoms with Crippen molar-refractivity contribution in [3.8, 4) is 0 Å². The molecule has 1 aromatic rings. The van der Waals surface area contributed by atoms with E-state index in [9.17, 15) is 27.1 Å². The van der Waals surface area contributed by atoms with Crippen LogP contribution in [0.2, 0.25) is 0 Å². The van der Waals surface area contributed by atoms with E-state index >= 15 is 0 Å². The molecule has 112 valence electrons. The Morgan fingerprint density at radius 3 is 1.75 bits per heavy atom. The summed E-state index contributed by atoms with van der Waals surface area (Å²) < 4.78 is 65.7. The molecule has 0 heterocycles. The van der Waals surface area contributed by atoms with Gasteiger partial charge in [0.15, 0.2) is 23.3 Å². The fourth-order valence-electron chi connectivity index (χ4n) is 2.40. The fourth-order valence-corrected chi connectivity index (χ4v) is 2.40. The third-order valence-corrected chi connectivity index (χ3v) is 3.59. The minimum absolute atomic E-state index is 0.259. The Labute approximate surface area is 112 Å². The van der Waals surface area contributed by atoms with Gasteiger partial charge in [-0.05, 0) is 12.8 Å². The predicted molar refractivity (Wildman–Crippen MR) is 62.8 cm³/mol. The molecule has 1 aliphatic rings. The van der Waals surface area contributed by atoms with E-state index in [2.05, 4.69) is 5.32 Å². The summed E-state index contributed by atoms with van der Waals surface area (Å²) in [6, 6.07) is 0. The number of halogens is 5. The van der Waals surface area contributed by atoms with Crippen molar-refractivity contribution in [3.63, 3.8) is 0 Å². The Bertz CT molecular complexity index is 485. The minimum atomic E-state index is -2.19. The van der Waals surface area contributed by atoms with Crippen LogP contribution in [-0.2, 0) is 0 Å². The molecule has 0 saturated heterocycles. The second-order valence-corrected chi connectivity index (χ2v) is 5.08. The predicted octanol–water partition coefficient (Wildman–Crippen LogP) is 3.49. The third-order valence-electron chi connectivity index (χ3n) is 3.59. The molecule has 1 saturated carbocycles. The monoisotopic (exact) mass is 295 g/mol. The zero-order valence-corrected chi connectivity index (χ0v) is 10.6. The SMILES string of the molecule is OC1(CNc2c(F)c(F)c(F)c(F)c2F)CCCCC1. The average molecular weight is 295 g/mol. The Morgan fingerprint density at radius 1 is 0.800 bits per heavy atom. The highest BCUT2D eigenvalue weighted by atomic mass is 19.2. The third kappa shape index (κ3) is 2.72. The van der Waals surface area contributed by atoms with Gasteiger partial charge in [-0.2, -0.15) is 0 Å². The van der Waals surface area contributed by atoms with Crippen LogP contribution in [0.4, 0.5) is 27.6 Å². The Kier molecular flexibility index (Phi) is 4.17. The van der Waals surface area contributed by atoms with Crippen LogP contribution in [0.25, 0.3) is 0 Å². The molecule has 0 amide bonds. The zero-order valence-electron chi connectivity index (χ0n) is 10.6. The van der Waals surface area contributed by atoms with Crippen molar-refractivity contribution in [1.29, 1.82) is 0 Å². The molecule has 0 radical (unpaired) electrons. The van der Waals surface area contributed by atoms with E-state index in [1.54, 1.807) is 0 Å². The lowest BCUT2D eigenvalue weighted by atomic mass is 9.85. The molecule has 2 rings (SSSR count). The minimum Gasteiger partial charge on any atom is -0.388 e. The fraction of sp³-hybridized carbons (Fsp3) is 0.538. The number of anilines is 1. The van der Waals surface area contributed by atoms with Crippen LogP contribution < -0.4 is 5.32 Å². The van der Waals surface area contributed by atoms with Crippen molar-refractivity contribution in [2.75, 3.05) is 11.9 Å². The van der Waals surface area contributed by atoms with Crippen LogP contribution in [0.3, 0.4) is 0 Å². The molecule has 0 bridgehead atoms. The van der Waals surface area contributed by atoms with Crippen LogP contribution in [0, 0.1) is 29.1 Å². The summed E-state index contributed by atoms with van der Waals surface area (Å²) in [5.74, 6) is -10.0. The zero-order chi connectivity index (χ0) is 14.9. The molecule has 7 heteroatoms. The first-order valence-electron chi connectivity index (χ1n) is 6.33. The Morgan fingerprint density at radius 2 is 1.25 bits per heavy atom. The molecule has 0 aromatic heterocycles. The molecule has 0 aliphatic heterocycles. The molecule has 20 heavy (non-hydrogen) atoms. The van der Waals surface area contributed by atoms with Crippen molar-refractivity contribution in [3.05, 3.63) is 29.1 Å². The van der Waals surface area contributed by atoms with Gasteiger partial charge in [0.05, 0.1) is 5.60 Å². The summed E-state index contributed by atoms with van der Waals surface area (Å²) in [6.07, 6.45) is 3.32. The first kappa shape index (κ1) is 15.0. The second-order valence-electron chi connectivity index (χ2n) is 5.08. The number of nitrogens with one attached hydrogen (secondary N) is 1. The lowest BCUT2D eigenvalue weighted by molar-refractivity contribution is 0.0166. The van der Waals surface area contributed by atoms with Gasteiger partial charge in [0, 0.05) is 6.54 Å². The molecule has 1 aliphatic carbocycles. The Balaban J connectivity index is 2.21. The average Bonchev–Trinajstić information content (AvgIpc) is 2.44. The van der Waals surface area contributed by atoms with Crippen LogP contribution in [0.15, 0.2) is 0 Å². The molecule has 0 unspecified atom stereocenters. The van der Waals surface area contributed by atoms with Crippen LogP contribution >= 0.6 is 0 Å². The number of rotatable bonds is 3. The van der Waals surface area contributed by atoms with E-state index in [1.165, 1.54) is 0 Å². The summed E-state index contributed by atoms with van der Waals surface area (Å²) in [7, 11) is 0. The summed E-state index contributed by atoms with van der Waals surface area (Å²) in [6.45, 7) is -0.259. The van der Waals surface area contributed by atoms with Crippen molar-refractivity contribution in [1.82, 2.24) is 0 Å². The van der Waals surface area contributed by atoms with Crippen molar-refractivity contribution in [2.45, 2.75) is 37.7 Å². The van der Waals surface area contributed by atoms with Gasteiger partial charge in [0.1, 0.15) is 5.69 Å². The van der Waals surface area contributed by atoms with E-state index in [4.69, 9.17) is 0 Å². The number of benzene rings is 1. The smallest absolute Gasteiger partial charge is 0.200 e. The largest absolute Gasteiger partial charge is 0.388 e. The van der Waals surface area contributed by atoms with Crippen LogP contribution in [0.1, 0.15) is 32.1 Å². The van der Waals surface area contributed by atoms with Crippen LogP contribution in [-0.4, -0.2) is 17.3 Å². The topological polar surface area (TPSA) is 32.3 Å². The van der Waals surface area contributed by atoms with Gasteiger partial charge in [0.25, 0.3) is 0 Å². The number of hydrogen-bond donors (Lipinski definition) is 2. The summed E-state index contributed by atoms with van der Waals surface area (Å²) >= 11 is 0. The highest BCUT2D eigenvalue weighted by molar-refractivity contribution is 5.48. The molecule has 0 spiro atoms. The summed E-state index contributed by atoms with van der Waals surface area (Å²) in [4.78, 5) is 0. The van der Waals surface area contributed by atoms with Gasteiger partial charge in [0.2, 0.25) is 5.82 Å². The standard InChI is InChI=1S/C13H14F5NO/c14-7-8(15)10(17)12(11(18)9(7)16)19-6-13(20)4-2-1-3-5-13/h19-20H,1-6H2. The molecule has 2 nitrogen and oxygen atoms in total. The highest BCUT2D eigenvalue weighted by Crippen LogP contribution is 2.31. The first-order valence-corrected chi connectivity index (χ1v) is 6.33. The van der Waals surface area contributed by atoms with Gasteiger partial charge >= 0.3 is 0 Å². The van der Waals surface area contributed by atoms with E-state index in [0.717, 1.165) is 19.3 Å². The van der Waals surface area contributed by atoms with Gasteiger partial charge in [-0.3, -0.25) is 0 Å². The number of hydrogen-bond acceptors (Lipinski definition) is 2. The molecular formula is C13H14F5NO. The maximum absolute atomic E-state index is 13.4. The van der Waals surface area contributed by atoms with E-state index in [-0.39, 0.29) is 6.54 Å². The van der Waals surface area contributed by atoms with Crippen LogP contribution in [0.5, 0.6) is 0 Å². The second kappa shape index (κ2) is 5.55. The highest BCUT2D eigenvalue weighted by Gasteiger charge is 2.31. The first-order chi connectivity index (χ1) is 9.36. The lowest BCUT2D eigenvalue weighted by Gasteiger charge is -2.32. The lowest BCUT2D eigenvalue weighted by Crippen LogP contribution is -2.39. The van der Waals surface area contributed by atoms with Gasteiger partial charge < -0.3 is 10.4 Å². The quantitative estimate of drug-likeness (QED) is 0.508. The van der Waals surface area contributed by atoms with Crippen molar-refractivity contribution < 1.29 is 27.1 Å². The molecule has 1 aromatic carbocycles. The maximum Gasteiger partial charge on any atom is 0.200 e. The molecule has 1 fully saturated rings. The van der Waals surface area contributed by atoms with E-state index < -0.39 is 40.4 Å². The normalized spacial score (nSPS) is 18.1. The van der Waals surface area contributed by atoms with E-state index in [0.29, 0.717) is 12.8 Å². The van der Waals surface area contributed by atoms with Crippen molar-refractivity contribution >= 4 is 5.69 Å².